The van der Waals surface area contributed by atoms with E-state index in [2.05, 4.69) is 0 Å². The summed E-state index contributed by atoms with van der Waals surface area (Å²) in [5.41, 5.74) is 6.70. The van der Waals surface area contributed by atoms with Gasteiger partial charge in [-0.3, -0.25) is 0 Å². The summed E-state index contributed by atoms with van der Waals surface area (Å²) in [5, 5.41) is 8.97. The highest BCUT2D eigenvalue weighted by Crippen LogP contribution is 2.33. The fourth-order valence-corrected chi connectivity index (χ4v) is 1.69. The molecule has 4 nitrogen and oxygen atoms in total. The lowest BCUT2D eigenvalue weighted by atomic mass is 10.2. The summed E-state index contributed by atoms with van der Waals surface area (Å²) in [6, 6.07) is 9.47. The minimum atomic E-state index is -0.521. The van der Waals surface area contributed by atoms with Gasteiger partial charge >= 0.3 is 0 Å². The van der Waals surface area contributed by atoms with Gasteiger partial charge in [0, 0.05) is 12.1 Å². The molecule has 2 aromatic carbocycles. The standard InChI is InChI=1S/C15H16FNO3/c1-2-19-14-8-15(13(17)7-12(14)16)20-11-5-3-10(9-18)4-6-11/h3-8,18H,2,9,17H2,1H3. The zero-order valence-corrected chi connectivity index (χ0v) is 11.1. The Kier molecular flexibility index (Phi) is 4.42. The van der Waals surface area contributed by atoms with E-state index >= 15 is 0 Å². The van der Waals surface area contributed by atoms with E-state index < -0.39 is 5.82 Å². The summed E-state index contributed by atoms with van der Waals surface area (Å²) in [6.07, 6.45) is 0. The molecule has 106 valence electrons. The molecule has 3 N–H and O–H groups in total. The van der Waals surface area contributed by atoms with Crippen molar-refractivity contribution in [3.05, 3.63) is 47.8 Å². The van der Waals surface area contributed by atoms with E-state index in [0.717, 1.165) is 5.56 Å². The van der Waals surface area contributed by atoms with Gasteiger partial charge in [0.15, 0.2) is 17.3 Å². The Balaban J connectivity index is 2.25. The molecular formula is C15H16FNO3. The number of nitrogens with two attached hydrogens (primary N) is 1. The maximum absolute atomic E-state index is 13.6. The third kappa shape index (κ3) is 3.19. The topological polar surface area (TPSA) is 64.7 Å². The van der Waals surface area contributed by atoms with Crippen LogP contribution in [0, 0.1) is 5.82 Å². The molecule has 0 heterocycles. The average molecular weight is 277 g/mol. The van der Waals surface area contributed by atoms with Crippen LogP contribution >= 0.6 is 0 Å². The van der Waals surface area contributed by atoms with E-state index in [0.29, 0.717) is 18.1 Å². The summed E-state index contributed by atoms with van der Waals surface area (Å²) in [4.78, 5) is 0. The maximum atomic E-state index is 13.6. The molecule has 0 bridgehead atoms. The second kappa shape index (κ2) is 6.25. The fraction of sp³-hybridized carbons (Fsp3) is 0.200. The van der Waals surface area contributed by atoms with E-state index in [1.54, 1.807) is 31.2 Å². The molecule has 0 atom stereocenters. The zero-order chi connectivity index (χ0) is 14.5. The second-order valence-electron chi connectivity index (χ2n) is 4.16. The van der Waals surface area contributed by atoms with E-state index in [9.17, 15) is 4.39 Å². The van der Waals surface area contributed by atoms with Crippen molar-refractivity contribution in [1.82, 2.24) is 0 Å². The summed E-state index contributed by atoms with van der Waals surface area (Å²) < 4.78 is 24.3. The lowest BCUT2D eigenvalue weighted by Crippen LogP contribution is -1.99. The fourth-order valence-electron chi connectivity index (χ4n) is 1.69. The Labute approximate surface area is 116 Å². The molecule has 0 saturated carbocycles. The van der Waals surface area contributed by atoms with Crippen LogP contribution in [0.5, 0.6) is 17.2 Å². The Morgan fingerprint density at radius 2 is 1.85 bits per heavy atom. The number of aliphatic hydroxyl groups excluding tert-OH is 1. The first kappa shape index (κ1) is 14.1. The Hall–Kier alpha value is -2.27. The van der Waals surface area contributed by atoms with Crippen LogP contribution in [0.25, 0.3) is 0 Å². The normalized spacial score (nSPS) is 10.3. The molecule has 2 aromatic rings. The Bertz CT molecular complexity index is 584. The summed E-state index contributed by atoms with van der Waals surface area (Å²) in [7, 11) is 0. The van der Waals surface area contributed by atoms with E-state index in [1.807, 2.05) is 0 Å². The second-order valence-corrected chi connectivity index (χ2v) is 4.16. The van der Waals surface area contributed by atoms with Crippen molar-refractivity contribution in [3.63, 3.8) is 0 Å². The molecule has 20 heavy (non-hydrogen) atoms. The number of hydrogen-bond donors (Lipinski definition) is 2. The van der Waals surface area contributed by atoms with Crippen molar-refractivity contribution in [2.24, 2.45) is 0 Å². The third-order valence-corrected chi connectivity index (χ3v) is 2.70. The molecule has 0 aromatic heterocycles. The van der Waals surface area contributed by atoms with Crippen LogP contribution < -0.4 is 15.2 Å². The molecule has 0 amide bonds. The van der Waals surface area contributed by atoms with Crippen LogP contribution in [0.3, 0.4) is 0 Å². The molecule has 0 aliphatic heterocycles. The highest BCUT2D eigenvalue weighted by Gasteiger charge is 2.10. The summed E-state index contributed by atoms with van der Waals surface area (Å²) in [5.74, 6) is 0.450. The predicted octanol–water partition coefficient (Wildman–Crippen LogP) is 3.09. The predicted molar refractivity (Wildman–Crippen MR) is 74.4 cm³/mol. The van der Waals surface area contributed by atoms with Gasteiger partial charge in [0.05, 0.1) is 18.9 Å². The molecule has 0 aliphatic rings. The van der Waals surface area contributed by atoms with Crippen LogP contribution in [0.2, 0.25) is 0 Å². The number of halogens is 1. The number of nitrogen functional groups attached to an aromatic ring is 1. The van der Waals surface area contributed by atoms with Gasteiger partial charge in [-0.05, 0) is 24.6 Å². The largest absolute Gasteiger partial charge is 0.491 e. The third-order valence-electron chi connectivity index (χ3n) is 2.70. The van der Waals surface area contributed by atoms with Gasteiger partial charge < -0.3 is 20.3 Å². The smallest absolute Gasteiger partial charge is 0.167 e. The molecule has 0 unspecified atom stereocenters. The number of ether oxygens (including phenoxy) is 2. The number of benzene rings is 2. The minimum Gasteiger partial charge on any atom is -0.491 e. The van der Waals surface area contributed by atoms with Crippen LogP contribution in [-0.4, -0.2) is 11.7 Å². The van der Waals surface area contributed by atoms with Gasteiger partial charge in [-0.1, -0.05) is 12.1 Å². The number of rotatable bonds is 5. The molecule has 0 fully saturated rings. The summed E-state index contributed by atoms with van der Waals surface area (Å²) >= 11 is 0. The van der Waals surface area contributed by atoms with Crippen molar-refractivity contribution in [3.8, 4) is 17.2 Å². The SMILES string of the molecule is CCOc1cc(Oc2ccc(CO)cc2)c(N)cc1F. The number of anilines is 1. The lowest BCUT2D eigenvalue weighted by Gasteiger charge is -2.12. The van der Waals surface area contributed by atoms with Gasteiger partial charge in [0.2, 0.25) is 0 Å². The Morgan fingerprint density at radius 1 is 1.15 bits per heavy atom. The highest BCUT2D eigenvalue weighted by molar-refractivity contribution is 5.57. The van der Waals surface area contributed by atoms with E-state index in [4.69, 9.17) is 20.3 Å². The van der Waals surface area contributed by atoms with Crippen molar-refractivity contribution < 1.29 is 19.0 Å². The van der Waals surface area contributed by atoms with Gasteiger partial charge in [0.25, 0.3) is 0 Å². The quantitative estimate of drug-likeness (QED) is 0.824. The average Bonchev–Trinajstić information content (AvgIpc) is 2.45. The van der Waals surface area contributed by atoms with Gasteiger partial charge in [-0.25, -0.2) is 4.39 Å². The first-order valence-electron chi connectivity index (χ1n) is 6.23. The maximum Gasteiger partial charge on any atom is 0.167 e. The van der Waals surface area contributed by atoms with Crippen LogP contribution in [0.15, 0.2) is 36.4 Å². The highest BCUT2D eigenvalue weighted by atomic mass is 19.1. The van der Waals surface area contributed by atoms with E-state index in [-0.39, 0.29) is 18.0 Å². The van der Waals surface area contributed by atoms with Gasteiger partial charge in [0.1, 0.15) is 5.75 Å². The van der Waals surface area contributed by atoms with Crippen LogP contribution in [0.1, 0.15) is 12.5 Å². The van der Waals surface area contributed by atoms with Crippen molar-refractivity contribution in [2.75, 3.05) is 12.3 Å². The van der Waals surface area contributed by atoms with Crippen molar-refractivity contribution in [1.29, 1.82) is 0 Å². The molecular weight excluding hydrogens is 261 g/mol. The molecule has 0 radical (unpaired) electrons. The van der Waals surface area contributed by atoms with Crippen LogP contribution in [0.4, 0.5) is 10.1 Å². The van der Waals surface area contributed by atoms with Crippen LogP contribution in [-0.2, 0) is 6.61 Å². The lowest BCUT2D eigenvalue weighted by molar-refractivity contribution is 0.281. The molecule has 2 rings (SSSR count). The number of aliphatic hydroxyl groups is 1. The first-order valence-corrected chi connectivity index (χ1v) is 6.23. The van der Waals surface area contributed by atoms with Gasteiger partial charge in [-0.15, -0.1) is 0 Å². The molecule has 5 heteroatoms. The first-order chi connectivity index (χ1) is 9.63. The Morgan fingerprint density at radius 3 is 2.45 bits per heavy atom. The molecule has 0 saturated heterocycles. The van der Waals surface area contributed by atoms with Gasteiger partial charge in [-0.2, -0.15) is 0 Å². The molecule has 0 spiro atoms. The minimum absolute atomic E-state index is 0.0343. The van der Waals surface area contributed by atoms with Crippen molar-refractivity contribution in [2.45, 2.75) is 13.5 Å². The zero-order valence-electron chi connectivity index (χ0n) is 11.1. The number of hydrogen-bond acceptors (Lipinski definition) is 4. The summed E-state index contributed by atoms with van der Waals surface area (Å²) in [6.45, 7) is 2.09. The monoisotopic (exact) mass is 277 g/mol. The molecule has 0 aliphatic carbocycles. The van der Waals surface area contributed by atoms with Crippen molar-refractivity contribution >= 4 is 5.69 Å². The van der Waals surface area contributed by atoms with E-state index in [1.165, 1.54) is 12.1 Å².